The predicted molar refractivity (Wildman–Crippen MR) is 69.9 cm³/mol. The molecule has 6 nitrogen and oxygen atoms in total. The molecule has 1 N–H and O–H groups in total. The van der Waals surface area contributed by atoms with E-state index in [1.807, 2.05) is 35.0 Å². The third-order valence-corrected chi connectivity index (χ3v) is 2.71. The average molecular weight is 255 g/mol. The Labute approximate surface area is 110 Å². The van der Waals surface area contributed by atoms with Gasteiger partial charge in [-0.05, 0) is 24.6 Å². The molecule has 0 saturated heterocycles. The highest BCUT2D eigenvalue weighted by Crippen LogP contribution is 2.11. The summed E-state index contributed by atoms with van der Waals surface area (Å²) in [5, 5.41) is 6.79. The van der Waals surface area contributed by atoms with Gasteiger partial charge in [0.1, 0.15) is 0 Å². The second-order valence-corrected chi connectivity index (χ2v) is 4.14. The molecule has 0 atom stereocenters. The number of nitrogens with zero attached hydrogens (tertiary/aromatic N) is 4. The topological polar surface area (TPSA) is 68.8 Å². The molecule has 0 aliphatic rings. The molecule has 0 amide bonds. The Balaban J connectivity index is 1.66. The van der Waals surface area contributed by atoms with Gasteiger partial charge in [-0.15, -0.1) is 0 Å². The van der Waals surface area contributed by atoms with E-state index in [-0.39, 0.29) is 0 Å². The van der Waals surface area contributed by atoms with E-state index in [1.54, 1.807) is 19.4 Å². The molecule has 0 aliphatic heterocycles. The Morgan fingerprint density at radius 3 is 2.74 bits per heavy atom. The summed E-state index contributed by atoms with van der Waals surface area (Å²) < 4.78 is 6.94. The lowest BCUT2D eigenvalue weighted by atomic mass is 10.2. The maximum atomic E-state index is 4.98. The number of anilines is 1. The van der Waals surface area contributed by atoms with Gasteiger partial charge in [-0.2, -0.15) is 4.98 Å². The van der Waals surface area contributed by atoms with E-state index in [4.69, 9.17) is 4.52 Å². The van der Waals surface area contributed by atoms with Gasteiger partial charge in [-0.3, -0.25) is 0 Å². The van der Waals surface area contributed by atoms with Crippen molar-refractivity contribution in [2.45, 2.75) is 13.5 Å². The molecule has 6 heteroatoms. The second kappa shape index (κ2) is 4.93. The number of aromatic nitrogens is 4. The van der Waals surface area contributed by atoms with Crippen LogP contribution in [0.4, 0.5) is 6.01 Å². The Morgan fingerprint density at radius 1 is 1.26 bits per heavy atom. The van der Waals surface area contributed by atoms with Crippen LogP contribution in [-0.4, -0.2) is 19.7 Å². The summed E-state index contributed by atoms with van der Waals surface area (Å²) in [7, 11) is 0. The first kappa shape index (κ1) is 11.5. The van der Waals surface area contributed by atoms with Crippen molar-refractivity contribution < 1.29 is 4.52 Å². The van der Waals surface area contributed by atoms with Gasteiger partial charge in [0.2, 0.25) is 0 Å². The number of hydrogen-bond donors (Lipinski definition) is 1. The van der Waals surface area contributed by atoms with Crippen LogP contribution < -0.4 is 5.32 Å². The highest BCUT2D eigenvalue weighted by atomic mass is 16.5. The van der Waals surface area contributed by atoms with Gasteiger partial charge in [0.15, 0.2) is 5.82 Å². The summed E-state index contributed by atoms with van der Waals surface area (Å²) in [5.41, 5.74) is 2.22. The van der Waals surface area contributed by atoms with Crippen LogP contribution in [0.3, 0.4) is 0 Å². The van der Waals surface area contributed by atoms with Gasteiger partial charge in [0, 0.05) is 24.6 Å². The molecular formula is C13H13N5O. The zero-order valence-electron chi connectivity index (χ0n) is 10.4. The van der Waals surface area contributed by atoms with E-state index in [0.29, 0.717) is 18.4 Å². The summed E-state index contributed by atoms with van der Waals surface area (Å²) in [6, 6.07) is 8.61. The second-order valence-electron chi connectivity index (χ2n) is 4.14. The van der Waals surface area contributed by atoms with Gasteiger partial charge in [-0.1, -0.05) is 17.3 Å². The van der Waals surface area contributed by atoms with E-state index in [1.165, 1.54) is 0 Å². The molecule has 0 aliphatic carbocycles. The molecule has 2 heterocycles. The smallest absolute Gasteiger partial charge is 0.321 e. The molecule has 2 aromatic heterocycles. The lowest BCUT2D eigenvalue weighted by Gasteiger charge is -2.04. The molecule has 96 valence electrons. The molecule has 0 saturated carbocycles. The fourth-order valence-corrected chi connectivity index (χ4v) is 1.74. The quantitative estimate of drug-likeness (QED) is 0.773. The molecular weight excluding hydrogens is 242 g/mol. The van der Waals surface area contributed by atoms with E-state index < -0.39 is 0 Å². The third-order valence-electron chi connectivity index (χ3n) is 2.71. The highest BCUT2D eigenvalue weighted by Gasteiger charge is 2.01. The van der Waals surface area contributed by atoms with Crippen molar-refractivity contribution in [3.05, 3.63) is 54.4 Å². The average Bonchev–Trinajstić information content (AvgIpc) is 3.08. The minimum atomic E-state index is 0.441. The number of benzene rings is 1. The summed E-state index contributed by atoms with van der Waals surface area (Å²) >= 11 is 0. The van der Waals surface area contributed by atoms with Crippen LogP contribution in [-0.2, 0) is 6.54 Å². The van der Waals surface area contributed by atoms with Crippen molar-refractivity contribution in [1.29, 1.82) is 0 Å². The fourth-order valence-electron chi connectivity index (χ4n) is 1.74. The monoisotopic (exact) mass is 255 g/mol. The molecule has 19 heavy (non-hydrogen) atoms. The zero-order valence-corrected chi connectivity index (χ0v) is 10.4. The zero-order chi connectivity index (χ0) is 13.1. The molecule has 0 spiro atoms. The SMILES string of the molecule is Cc1noc(NCc2ccc(-n3ccnc3)cc2)n1. The van der Waals surface area contributed by atoms with Crippen molar-refractivity contribution in [2.75, 3.05) is 5.32 Å². The van der Waals surface area contributed by atoms with E-state index in [2.05, 4.69) is 20.4 Å². The maximum Gasteiger partial charge on any atom is 0.321 e. The summed E-state index contributed by atoms with van der Waals surface area (Å²) in [5.74, 6) is 0.623. The molecule has 3 rings (SSSR count). The number of nitrogens with one attached hydrogen (secondary N) is 1. The minimum absolute atomic E-state index is 0.441. The van der Waals surface area contributed by atoms with Crippen LogP contribution in [0.15, 0.2) is 47.5 Å². The first-order valence-electron chi connectivity index (χ1n) is 5.93. The number of hydrogen-bond acceptors (Lipinski definition) is 5. The van der Waals surface area contributed by atoms with Crippen LogP contribution in [0, 0.1) is 6.92 Å². The highest BCUT2D eigenvalue weighted by molar-refractivity contribution is 5.35. The molecule has 3 aromatic rings. The van der Waals surface area contributed by atoms with E-state index in [9.17, 15) is 0 Å². The third kappa shape index (κ3) is 2.62. The van der Waals surface area contributed by atoms with Gasteiger partial charge >= 0.3 is 6.01 Å². The minimum Gasteiger partial charge on any atom is -0.334 e. The van der Waals surface area contributed by atoms with Gasteiger partial charge in [0.25, 0.3) is 0 Å². The van der Waals surface area contributed by atoms with Crippen molar-refractivity contribution in [1.82, 2.24) is 19.7 Å². The number of rotatable bonds is 4. The summed E-state index contributed by atoms with van der Waals surface area (Å²) in [4.78, 5) is 8.10. The largest absolute Gasteiger partial charge is 0.334 e. The Morgan fingerprint density at radius 2 is 2.11 bits per heavy atom. The van der Waals surface area contributed by atoms with Crippen molar-refractivity contribution in [2.24, 2.45) is 0 Å². The Hall–Kier alpha value is -2.63. The Kier molecular flexibility index (Phi) is 2.97. The van der Waals surface area contributed by atoms with Crippen LogP contribution >= 0.6 is 0 Å². The first-order valence-corrected chi connectivity index (χ1v) is 5.93. The van der Waals surface area contributed by atoms with Crippen LogP contribution in [0.2, 0.25) is 0 Å². The van der Waals surface area contributed by atoms with Crippen LogP contribution in [0.5, 0.6) is 0 Å². The fraction of sp³-hybridized carbons (Fsp3) is 0.154. The first-order chi connectivity index (χ1) is 9.31. The van der Waals surface area contributed by atoms with Crippen LogP contribution in [0.25, 0.3) is 5.69 Å². The maximum absolute atomic E-state index is 4.98. The lowest BCUT2D eigenvalue weighted by molar-refractivity contribution is 0.425. The molecule has 0 bridgehead atoms. The molecule has 0 unspecified atom stereocenters. The molecule has 0 fully saturated rings. The lowest BCUT2D eigenvalue weighted by Crippen LogP contribution is -2.00. The predicted octanol–water partition coefficient (Wildman–Crippen LogP) is 2.18. The number of imidazole rings is 1. The van der Waals surface area contributed by atoms with Gasteiger partial charge < -0.3 is 14.4 Å². The van der Waals surface area contributed by atoms with Crippen molar-refractivity contribution in [3.8, 4) is 5.69 Å². The van der Waals surface area contributed by atoms with Gasteiger partial charge in [0.05, 0.1) is 6.33 Å². The molecule has 0 radical (unpaired) electrons. The number of aryl methyl sites for hydroxylation is 1. The summed E-state index contributed by atoms with van der Waals surface area (Å²) in [6.45, 7) is 2.43. The summed E-state index contributed by atoms with van der Waals surface area (Å²) in [6.07, 6.45) is 5.44. The van der Waals surface area contributed by atoms with Crippen molar-refractivity contribution in [3.63, 3.8) is 0 Å². The van der Waals surface area contributed by atoms with E-state index >= 15 is 0 Å². The molecule has 1 aromatic carbocycles. The Bertz CT molecular complexity index is 642. The normalized spacial score (nSPS) is 10.6. The van der Waals surface area contributed by atoms with Crippen LogP contribution in [0.1, 0.15) is 11.4 Å². The van der Waals surface area contributed by atoms with Gasteiger partial charge in [-0.25, -0.2) is 4.98 Å². The van der Waals surface area contributed by atoms with E-state index in [0.717, 1.165) is 11.3 Å². The van der Waals surface area contributed by atoms with Crippen molar-refractivity contribution >= 4 is 6.01 Å². The standard InChI is InChI=1S/C13H13N5O/c1-10-16-13(19-17-10)15-8-11-2-4-12(5-3-11)18-7-6-14-9-18/h2-7,9H,8H2,1H3,(H,15,16,17).